The van der Waals surface area contributed by atoms with Crippen molar-refractivity contribution in [3.05, 3.63) is 54.6 Å². The first kappa shape index (κ1) is 22.1. The number of carbonyl (C=O) groups excluding carboxylic acids is 1. The van der Waals surface area contributed by atoms with Crippen molar-refractivity contribution in [2.24, 2.45) is 0 Å². The van der Waals surface area contributed by atoms with Crippen molar-refractivity contribution in [2.45, 2.75) is 51.5 Å². The van der Waals surface area contributed by atoms with Gasteiger partial charge in [0.25, 0.3) is 0 Å². The van der Waals surface area contributed by atoms with Crippen LogP contribution >= 0.6 is 0 Å². The van der Waals surface area contributed by atoms with Gasteiger partial charge in [0, 0.05) is 31.5 Å². The maximum atomic E-state index is 12.5. The van der Waals surface area contributed by atoms with Gasteiger partial charge in [0.15, 0.2) is 5.65 Å². The van der Waals surface area contributed by atoms with Crippen LogP contribution in [-0.4, -0.2) is 43.6 Å². The highest BCUT2D eigenvalue weighted by atomic mass is 16.5. The molecule has 3 heterocycles. The topological polar surface area (TPSA) is 99.2 Å². The van der Waals surface area contributed by atoms with Gasteiger partial charge in [-0.2, -0.15) is 5.10 Å². The van der Waals surface area contributed by atoms with E-state index < -0.39 is 0 Å². The third kappa shape index (κ3) is 4.40. The monoisotopic (exact) mass is 458 g/mol. The molecule has 176 valence electrons. The number of benzene rings is 1. The van der Waals surface area contributed by atoms with Crippen LogP contribution in [0.1, 0.15) is 51.5 Å². The van der Waals surface area contributed by atoms with Crippen LogP contribution in [0.15, 0.2) is 54.6 Å². The van der Waals surface area contributed by atoms with Crippen LogP contribution < -0.4 is 10.5 Å². The maximum Gasteiger partial charge on any atom is 0.222 e. The molecule has 1 aliphatic carbocycles. The lowest BCUT2D eigenvalue weighted by atomic mass is 10.1. The fraction of sp³-hybridized carbons (Fsp3) is 0.385. The summed E-state index contributed by atoms with van der Waals surface area (Å²) in [5, 5.41) is 5.71. The Morgan fingerprint density at radius 3 is 2.85 bits per heavy atom. The molecule has 0 spiro atoms. The molecule has 1 aromatic carbocycles. The molecule has 1 aliphatic heterocycles. The molecule has 3 aromatic rings. The first-order valence-electron chi connectivity index (χ1n) is 12.0. The van der Waals surface area contributed by atoms with Gasteiger partial charge in [-0.25, -0.2) is 14.6 Å². The minimum absolute atomic E-state index is 0.0500. The van der Waals surface area contributed by atoms with Gasteiger partial charge in [-0.1, -0.05) is 19.1 Å². The number of aromatic nitrogens is 4. The number of ether oxygens (including phenoxy) is 1. The zero-order valence-corrected chi connectivity index (χ0v) is 19.5. The molecule has 2 N–H and O–H groups in total. The number of anilines is 1. The summed E-state index contributed by atoms with van der Waals surface area (Å²) in [4.78, 5) is 23.2. The molecular formula is C26H30N6O2. The number of piperidine rings is 1. The van der Waals surface area contributed by atoms with Crippen molar-refractivity contribution in [1.29, 1.82) is 0 Å². The van der Waals surface area contributed by atoms with Crippen LogP contribution in [0.3, 0.4) is 0 Å². The van der Waals surface area contributed by atoms with Gasteiger partial charge in [0.05, 0.1) is 11.4 Å². The first-order chi connectivity index (χ1) is 16.6. The van der Waals surface area contributed by atoms with Crippen molar-refractivity contribution in [1.82, 2.24) is 24.6 Å². The van der Waals surface area contributed by atoms with Gasteiger partial charge < -0.3 is 15.4 Å². The zero-order chi connectivity index (χ0) is 23.5. The summed E-state index contributed by atoms with van der Waals surface area (Å²) in [5.74, 6) is 2.36. The predicted octanol–water partition coefficient (Wildman–Crippen LogP) is 4.65. The Balaban J connectivity index is 1.46. The fourth-order valence-electron chi connectivity index (χ4n) is 4.70. The number of nitrogens with zero attached hydrogens (tertiary/aromatic N) is 5. The molecule has 1 unspecified atom stereocenters. The van der Waals surface area contributed by atoms with Crippen LogP contribution in [-0.2, 0) is 4.79 Å². The van der Waals surface area contributed by atoms with Crippen LogP contribution in [0.5, 0.6) is 5.75 Å². The molecule has 0 saturated carbocycles. The molecule has 1 saturated heterocycles. The van der Waals surface area contributed by atoms with Crippen LogP contribution in [0, 0.1) is 0 Å². The molecule has 5 rings (SSSR count). The highest BCUT2D eigenvalue weighted by Gasteiger charge is 2.28. The number of hydrogen-bond donors (Lipinski definition) is 1. The van der Waals surface area contributed by atoms with E-state index in [2.05, 4.69) is 16.0 Å². The summed E-state index contributed by atoms with van der Waals surface area (Å²) >= 11 is 0. The number of fused-ring (bicyclic) bond motifs is 1. The summed E-state index contributed by atoms with van der Waals surface area (Å²) < 4.78 is 7.95. The highest BCUT2D eigenvalue weighted by molar-refractivity contribution is 5.98. The van der Waals surface area contributed by atoms with Gasteiger partial charge in [0.2, 0.25) is 5.91 Å². The third-order valence-corrected chi connectivity index (χ3v) is 6.43. The summed E-state index contributed by atoms with van der Waals surface area (Å²) in [7, 11) is 0. The summed E-state index contributed by atoms with van der Waals surface area (Å²) in [6.45, 7) is 3.47. The molecule has 1 fully saturated rings. The normalized spacial score (nSPS) is 18.2. The van der Waals surface area contributed by atoms with Gasteiger partial charge in [-0.05, 0) is 56.0 Å². The number of hydrogen-bond acceptors (Lipinski definition) is 6. The molecule has 1 atom stereocenters. The van der Waals surface area contributed by atoms with E-state index in [9.17, 15) is 4.79 Å². The molecule has 0 bridgehead atoms. The molecule has 34 heavy (non-hydrogen) atoms. The third-order valence-electron chi connectivity index (χ3n) is 6.43. The van der Waals surface area contributed by atoms with Gasteiger partial charge in [-0.3, -0.25) is 4.79 Å². The Bertz CT molecular complexity index is 1240. The van der Waals surface area contributed by atoms with Crippen molar-refractivity contribution in [3.8, 4) is 17.0 Å². The second-order valence-corrected chi connectivity index (χ2v) is 8.86. The number of amides is 1. The molecule has 8 heteroatoms. The Hall–Kier alpha value is -3.68. The SMILES string of the molecule is CCCC(=O)N1CCCC(n2nc(-c3ccc(OC4=CC=CCC4)cc3)c3c(N)ncnc32)C1. The number of rotatable bonds is 6. The number of allylic oxidation sites excluding steroid dienone is 4. The van der Waals surface area contributed by atoms with Crippen LogP contribution in [0.2, 0.25) is 0 Å². The Kier molecular flexibility index (Phi) is 6.29. The number of nitrogens with two attached hydrogens (primary N) is 1. The highest BCUT2D eigenvalue weighted by Crippen LogP contribution is 2.34. The second-order valence-electron chi connectivity index (χ2n) is 8.86. The van der Waals surface area contributed by atoms with Gasteiger partial charge in [-0.15, -0.1) is 0 Å². The molecular weight excluding hydrogens is 428 g/mol. The molecule has 2 aromatic heterocycles. The van der Waals surface area contributed by atoms with E-state index in [1.165, 1.54) is 6.33 Å². The van der Waals surface area contributed by atoms with Crippen LogP contribution in [0.4, 0.5) is 5.82 Å². The molecule has 8 nitrogen and oxygen atoms in total. The maximum absolute atomic E-state index is 12.5. The largest absolute Gasteiger partial charge is 0.462 e. The average Bonchev–Trinajstić information content (AvgIpc) is 3.26. The van der Waals surface area contributed by atoms with Gasteiger partial charge >= 0.3 is 0 Å². The van der Waals surface area contributed by atoms with Crippen LogP contribution in [0.25, 0.3) is 22.3 Å². The summed E-state index contributed by atoms with van der Waals surface area (Å²) in [6.07, 6.45) is 12.8. The van der Waals surface area contributed by atoms with Crippen molar-refractivity contribution < 1.29 is 9.53 Å². The molecule has 0 radical (unpaired) electrons. The Morgan fingerprint density at radius 2 is 2.09 bits per heavy atom. The van der Waals surface area contributed by atoms with E-state index >= 15 is 0 Å². The standard InChI is InChI=1S/C26H30N6O2/c1-2-7-22(33)31-15-6-8-19(16-31)32-26-23(25(27)28-17-29-26)24(30-32)18-11-13-21(14-12-18)34-20-9-4-3-5-10-20/h3-4,9,11-14,17,19H,2,5-8,10,15-16H2,1H3,(H2,27,28,29). The predicted molar refractivity (Wildman–Crippen MR) is 132 cm³/mol. The molecule has 2 aliphatic rings. The van der Waals surface area contributed by atoms with E-state index in [1.54, 1.807) is 0 Å². The summed E-state index contributed by atoms with van der Waals surface area (Å²) in [5.41, 5.74) is 8.67. The minimum atomic E-state index is 0.0500. The quantitative estimate of drug-likeness (QED) is 0.577. The number of likely N-dealkylation sites (tertiary alicyclic amines) is 1. The molecule has 1 amide bonds. The van der Waals surface area contributed by atoms with Crippen molar-refractivity contribution in [3.63, 3.8) is 0 Å². The first-order valence-corrected chi connectivity index (χ1v) is 12.0. The Labute approximate surface area is 199 Å². The van der Waals surface area contributed by atoms with E-state index in [0.717, 1.165) is 66.8 Å². The van der Waals surface area contributed by atoms with Crippen molar-refractivity contribution in [2.75, 3.05) is 18.8 Å². The smallest absolute Gasteiger partial charge is 0.222 e. The second kappa shape index (κ2) is 9.67. The minimum Gasteiger partial charge on any atom is -0.462 e. The number of carbonyl (C=O) groups is 1. The Morgan fingerprint density at radius 1 is 1.24 bits per heavy atom. The lowest BCUT2D eigenvalue weighted by Gasteiger charge is -2.33. The van der Waals surface area contributed by atoms with E-state index in [1.807, 2.05) is 52.9 Å². The van der Waals surface area contributed by atoms with Gasteiger partial charge in [0.1, 0.15) is 29.3 Å². The fourth-order valence-corrected chi connectivity index (χ4v) is 4.70. The number of nitrogen functional groups attached to an aromatic ring is 1. The van der Waals surface area contributed by atoms with E-state index in [4.69, 9.17) is 15.6 Å². The van der Waals surface area contributed by atoms with E-state index in [-0.39, 0.29) is 11.9 Å². The zero-order valence-electron chi connectivity index (χ0n) is 19.5. The average molecular weight is 459 g/mol. The van der Waals surface area contributed by atoms with E-state index in [0.29, 0.717) is 24.4 Å². The summed E-state index contributed by atoms with van der Waals surface area (Å²) in [6, 6.07) is 7.93. The van der Waals surface area contributed by atoms with Crippen molar-refractivity contribution >= 4 is 22.8 Å². The lowest BCUT2D eigenvalue weighted by molar-refractivity contribution is -0.132. The lowest BCUT2D eigenvalue weighted by Crippen LogP contribution is -2.40.